The Morgan fingerprint density at radius 2 is 1.55 bits per heavy atom. The van der Waals surface area contributed by atoms with Crippen LogP contribution in [0.1, 0.15) is 43.2 Å². The molecule has 0 aliphatic carbocycles. The molecule has 1 heterocycles. The Bertz CT molecular complexity index is 1110. The fourth-order valence-corrected chi connectivity index (χ4v) is 5.97. The summed E-state index contributed by atoms with van der Waals surface area (Å²) in [5.74, 6) is -0.697. The van der Waals surface area contributed by atoms with Crippen molar-refractivity contribution >= 4 is 89.2 Å². The van der Waals surface area contributed by atoms with Gasteiger partial charge >= 0.3 is 0 Å². The van der Waals surface area contributed by atoms with Gasteiger partial charge in [-0.2, -0.15) is 0 Å². The number of benzene rings is 2. The van der Waals surface area contributed by atoms with Gasteiger partial charge in [-0.15, -0.1) is 34.0 Å². The average Bonchev–Trinajstić information content (AvgIpc) is 2.95. The number of nitrogens with two attached hydrogens (primary N) is 2. The van der Waals surface area contributed by atoms with Gasteiger partial charge in [-0.3, -0.25) is 14.4 Å². The van der Waals surface area contributed by atoms with Gasteiger partial charge in [-0.05, 0) is 93.8 Å². The van der Waals surface area contributed by atoms with E-state index in [9.17, 15) is 14.4 Å². The lowest BCUT2D eigenvalue weighted by Crippen LogP contribution is -2.57. The van der Waals surface area contributed by atoms with Crippen molar-refractivity contribution < 1.29 is 14.4 Å². The molecule has 42 heavy (non-hydrogen) atoms. The molecule has 0 spiro atoms. The summed E-state index contributed by atoms with van der Waals surface area (Å²) < 4.78 is 1.39. The summed E-state index contributed by atoms with van der Waals surface area (Å²) in [6, 6.07) is 12.1. The van der Waals surface area contributed by atoms with E-state index in [4.69, 9.17) is 11.5 Å². The second-order valence-electron chi connectivity index (χ2n) is 10.1. The van der Waals surface area contributed by atoms with Crippen molar-refractivity contribution in [3.05, 3.63) is 62.5 Å². The number of unbranched alkanes of at least 4 members (excludes halogenated alkanes) is 1. The number of aryl methyl sites for hydroxylation is 1. The molecule has 1 aliphatic rings. The van der Waals surface area contributed by atoms with Gasteiger partial charge < -0.3 is 32.3 Å². The standard InChI is InChI=1S/C29H40Br2N6O3.2BrH/c30-22-17-21(18-23(31)27(22)33)19-25(35-26(38)11-6-9-20-7-2-1-3-8-20)28(39)36-24(10-4-5-12-32)29(40)37-15-13-34-14-16-37;;/h1-3,7-8,17-18,24-25,34H,4-6,9-16,19,32-33H2,(H,35,38)(H,36,39);2*1H/t24-,25+;;/m0../s1. The number of nitrogens with zero attached hydrogens (tertiary/aromatic N) is 1. The van der Waals surface area contributed by atoms with Crippen LogP contribution < -0.4 is 27.4 Å². The van der Waals surface area contributed by atoms with Crippen LogP contribution in [0.2, 0.25) is 0 Å². The van der Waals surface area contributed by atoms with Crippen LogP contribution in [0.4, 0.5) is 5.69 Å². The van der Waals surface area contributed by atoms with E-state index in [0.717, 1.165) is 37.1 Å². The van der Waals surface area contributed by atoms with E-state index in [2.05, 4.69) is 47.8 Å². The van der Waals surface area contributed by atoms with Gasteiger partial charge in [0.05, 0.1) is 5.69 Å². The van der Waals surface area contributed by atoms with Crippen LogP contribution in [0.3, 0.4) is 0 Å². The summed E-state index contributed by atoms with van der Waals surface area (Å²) in [6.07, 6.45) is 3.92. The number of nitrogen functional groups attached to an aromatic ring is 1. The molecule has 13 heteroatoms. The summed E-state index contributed by atoms with van der Waals surface area (Å²) >= 11 is 6.92. The monoisotopic (exact) mass is 838 g/mol. The van der Waals surface area contributed by atoms with Gasteiger partial charge in [0.25, 0.3) is 0 Å². The van der Waals surface area contributed by atoms with Crippen LogP contribution in [0.5, 0.6) is 0 Å². The SMILES string of the molecule is Br.Br.NCCCC[C@H](NC(=O)[C@@H](Cc1cc(Br)c(N)c(Br)c1)NC(=O)CCCc1ccccc1)C(=O)N1CCNCC1. The maximum atomic E-state index is 13.7. The quantitative estimate of drug-likeness (QED) is 0.144. The lowest BCUT2D eigenvalue weighted by atomic mass is 10.0. The molecule has 1 fully saturated rings. The minimum absolute atomic E-state index is 0. The van der Waals surface area contributed by atoms with E-state index in [0.29, 0.717) is 53.5 Å². The van der Waals surface area contributed by atoms with Crippen molar-refractivity contribution in [3.8, 4) is 0 Å². The molecule has 9 nitrogen and oxygen atoms in total. The Balaban J connectivity index is 0.00000441. The number of halogens is 4. The van der Waals surface area contributed by atoms with Crippen LogP contribution in [0.25, 0.3) is 0 Å². The summed E-state index contributed by atoms with van der Waals surface area (Å²) in [7, 11) is 0. The summed E-state index contributed by atoms with van der Waals surface area (Å²) in [5, 5.41) is 9.14. The van der Waals surface area contributed by atoms with Crippen molar-refractivity contribution in [3.63, 3.8) is 0 Å². The fourth-order valence-electron chi connectivity index (χ4n) is 4.69. The molecule has 0 aromatic heterocycles. The maximum Gasteiger partial charge on any atom is 0.245 e. The Morgan fingerprint density at radius 3 is 2.17 bits per heavy atom. The van der Waals surface area contributed by atoms with E-state index in [1.807, 2.05) is 42.5 Å². The molecule has 7 N–H and O–H groups in total. The van der Waals surface area contributed by atoms with E-state index in [1.54, 1.807) is 4.90 Å². The molecular formula is C29H42Br4N6O3. The third-order valence-electron chi connectivity index (χ3n) is 6.93. The maximum absolute atomic E-state index is 13.7. The van der Waals surface area contributed by atoms with Crippen molar-refractivity contribution in [1.29, 1.82) is 0 Å². The molecule has 3 amide bonds. The molecule has 2 atom stereocenters. The zero-order valence-corrected chi connectivity index (χ0v) is 30.2. The highest BCUT2D eigenvalue weighted by atomic mass is 79.9. The summed E-state index contributed by atoms with van der Waals surface area (Å²) in [6.45, 7) is 3.15. The number of hydrogen-bond acceptors (Lipinski definition) is 6. The number of piperazine rings is 1. The second-order valence-corrected chi connectivity index (χ2v) is 11.8. The number of carbonyl (C=O) groups is 3. The molecule has 234 valence electrons. The zero-order chi connectivity index (χ0) is 28.9. The first-order chi connectivity index (χ1) is 19.3. The summed E-state index contributed by atoms with van der Waals surface area (Å²) in [5.41, 5.74) is 14.3. The predicted molar refractivity (Wildman–Crippen MR) is 186 cm³/mol. The molecule has 0 bridgehead atoms. The first-order valence-electron chi connectivity index (χ1n) is 13.8. The lowest BCUT2D eigenvalue weighted by molar-refractivity contribution is -0.138. The molecule has 3 rings (SSSR count). The minimum Gasteiger partial charge on any atom is -0.397 e. The molecule has 1 saturated heterocycles. The van der Waals surface area contributed by atoms with Crippen molar-refractivity contribution in [2.45, 2.75) is 57.0 Å². The van der Waals surface area contributed by atoms with Crippen LogP contribution in [-0.2, 0) is 27.2 Å². The molecular weight excluding hydrogens is 800 g/mol. The highest BCUT2D eigenvalue weighted by molar-refractivity contribution is 9.11. The average molecular weight is 842 g/mol. The Morgan fingerprint density at radius 1 is 0.905 bits per heavy atom. The molecule has 2 aromatic rings. The van der Waals surface area contributed by atoms with E-state index >= 15 is 0 Å². The van der Waals surface area contributed by atoms with Crippen molar-refractivity contribution in [2.24, 2.45) is 5.73 Å². The predicted octanol–water partition coefficient (Wildman–Crippen LogP) is 4.05. The highest BCUT2D eigenvalue weighted by Crippen LogP contribution is 2.30. The van der Waals surface area contributed by atoms with Crippen LogP contribution in [-0.4, -0.2) is 67.4 Å². The minimum atomic E-state index is -0.862. The first-order valence-corrected chi connectivity index (χ1v) is 15.4. The van der Waals surface area contributed by atoms with Crippen LogP contribution in [0, 0.1) is 0 Å². The van der Waals surface area contributed by atoms with Gasteiger partial charge in [0.2, 0.25) is 17.7 Å². The number of anilines is 1. The normalized spacial score (nSPS) is 14.1. The fraction of sp³-hybridized carbons (Fsp3) is 0.483. The topological polar surface area (TPSA) is 143 Å². The largest absolute Gasteiger partial charge is 0.397 e. The van der Waals surface area contributed by atoms with Gasteiger partial charge in [0, 0.05) is 48.0 Å². The molecule has 1 aliphatic heterocycles. The van der Waals surface area contributed by atoms with E-state index in [-0.39, 0.29) is 64.5 Å². The number of hydrogen-bond donors (Lipinski definition) is 5. The Kier molecular flexibility index (Phi) is 18.8. The number of rotatable bonds is 14. The molecule has 0 saturated carbocycles. The van der Waals surface area contributed by atoms with E-state index in [1.165, 1.54) is 0 Å². The number of amides is 3. The van der Waals surface area contributed by atoms with Crippen LogP contribution >= 0.6 is 65.8 Å². The van der Waals surface area contributed by atoms with Crippen molar-refractivity contribution in [2.75, 3.05) is 38.5 Å². The van der Waals surface area contributed by atoms with E-state index < -0.39 is 12.1 Å². The second kappa shape index (κ2) is 20.4. The smallest absolute Gasteiger partial charge is 0.245 e. The molecule has 0 unspecified atom stereocenters. The Hall–Kier alpha value is -1.51. The van der Waals surface area contributed by atoms with Gasteiger partial charge in [0.1, 0.15) is 12.1 Å². The first kappa shape index (κ1) is 38.5. The zero-order valence-electron chi connectivity index (χ0n) is 23.6. The highest BCUT2D eigenvalue weighted by Gasteiger charge is 2.30. The van der Waals surface area contributed by atoms with Gasteiger partial charge in [-0.1, -0.05) is 30.3 Å². The van der Waals surface area contributed by atoms with Crippen LogP contribution in [0.15, 0.2) is 51.4 Å². The van der Waals surface area contributed by atoms with Gasteiger partial charge in [-0.25, -0.2) is 0 Å². The lowest BCUT2D eigenvalue weighted by Gasteiger charge is -2.32. The molecule has 0 radical (unpaired) electrons. The Labute approximate surface area is 286 Å². The number of carbonyl (C=O) groups excluding carboxylic acids is 3. The van der Waals surface area contributed by atoms with Gasteiger partial charge in [0.15, 0.2) is 0 Å². The third-order valence-corrected chi connectivity index (χ3v) is 8.24. The number of nitrogens with one attached hydrogen (secondary N) is 3. The third kappa shape index (κ3) is 12.6. The summed E-state index contributed by atoms with van der Waals surface area (Å²) in [4.78, 5) is 41.8. The molecule has 2 aromatic carbocycles. The van der Waals surface area contributed by atoms with Crippen molar-refractivity contribution in [1.82, 2.24) is 20.9 Å².